The molecule has 0 amide bonds. The number of piperazine rings is 1. The number of benzene rings is 3. The number of para-hydroxylation sites is 1. The van der Waals surface area contributed by atoms with Crippen LogP contribution in [0.5, 0.6) is 5.75 Å². The van der Waals surface area contributed by atoms with Crippen LogP contribution in [0.2, 0.25) is 0 Å². The van der Waals surface area contributed by atoms with Crippen LogP contribution in [0.1, 0.15) is 22.7 Å². The van der Waals surface area contributed by atoms with Crippen molar-refractivity contribution in [2.24, 2.45) is 0 Å². The summed E-state index contributed by atoms with van der Waals surface area (Å²) in [5.41, 5.74) is 3.18. The second-order valence-electron chi connectivity index (χ2n) is 8.00. The van der Waals surface area contributed by atoms with Crippen molar-refractivity contribution in [1.82, 2.24) is 9.80 Å². The number of ether oxygens (including phenoxy) is 1. The molecule has 3 aromatic rings. The third-order valence-electron chi connectivity index (χ3n) is 5.90. The van der Waals surface area contributed by atoms with Crippen LogP contribution >= 0.6 is 0 Å². The van der Waals surface area contributed by atoms with Gasteiger partial charge < -0.3 is 4.74 Å². The van der Waals surface area contributed by atoms with Crippen molar-refractivity contribution in [2.75, 3.05) is 39.3 Å². The molecule has 1 saturated heterocycles. The first-order valence-corrected chi connectivity index (χ1v) is 10.8. The molecule has 0 unspecified atom stereocenters. The highest BCUT2D eigenvalue weighted by molar-refractivity contribution is 5.33. The van der Waals surface area contributed by atoms with Gasteiger partial charge in [-0.1, -0.05) is 42.5 Å². The Bertz CT molecular complexity index is 922. The lowest BCUT2D eigenvalue weighted by atomic mass is 9.96. The molecule has 1 aliphatic rings. The Hall–Kier alpha value is -2.76. The summed E-state index contributed by atoms with van der Waals surface area (Å²) in [5.74, 6) is 0.439. The summed E-state index contributed by atoms with van der Waals surface area (Å²) in [4.78, 5) is 4.79. The molecule has 0 N–H and O–H groups in total. The van der Waals surface area contributed by atoms with Crippen LogP contribution < -0.4 is 4.74 Å². The van der Waals surface area contributed by atoms with Crippen molar-refractivity contribution in [1.29, 1.82) is 0 Å². The van der Waals surface area contributed by atoms with Crippen LogP contribution in [0.15, 0.2) is 72.8 Å². The summed E-state index contributed by atoms with van der Waals surface area (Å²) in [7, 11) is 0. The van der Waals surface area contributed by atoms with E-state index in [9.17, 15) is 8.78 Å². The van der Waals surface area contributed by atoms with Gasteiger partial charge >= 0.3 is 0 Å². The Labute approximate surface area is 182 Å². The maximum atomic E-state index is 13.5. The van der Waals surface area contributed by atoms with E-state index in [2.05, 4.69) is 22.8 Å². The smallest absolute Gasteiger partial charge is 0.123 e. The average molecular weight is 423 g/mol. The quantitative estimate of drug-likeness (QED) is 0.529. The minimum absolute atomic E-state index is 0.0217. The molecule has 0 spiro atoms. The molecular weight excluding hydrogens is 394 g/mol. The van der Waals surface area contributed by atoms with Crippen molar-refractivity contribution in [3.63, 3.8) is 0 Å². The predicted octanol–water partition coefficient (Wildman–Crippen LogP) is 5.06. The maximum absolute atomic E-state index is 13.5. The Morgan fingerprint density at radius 3 is 1.87 bits per heavy atom. The zero-order valence-corrected chi connectivity index (χ0v) is 17.8. The molecule has 0 bridgehead atoms. The first-order chi connectivity index (χ1) is 15.1. The van der Waals surface area contributed by atoms with Crippen LogP contribution in [0.3, 0.4) is 0 Å². The number of aryl methyl sites for hydroxylation is 1. The van der Waals surface area contributed by atoms with Gasteiger partial charge in [0.2, 0.25) is 0 Å². The molecule has 1 aliphatic heterocycles. The monoisotopic (exact) mass is 422 g/mol. The predicted molar refractivity (Wildman–Crippen MR) is 119 cm³/mol. The lowest BCUT2D eigenvalue weighted by molar-refractivity contribution is 0.0976. The van der Waals surface area contributed by atoms with Gasteiger partial charge in [0.25, 0.3) is 0 Å². The van der Waals surface area contributed by atoms with Crippen LogP contribution in [0.4, 0.5) is 8.78 Å². The van der Waals surface area contributed by atoms with E-state index in [4.69, 9.17) is 4.74 Å². The normalized spacial score (nSPS) is 15.4. The molecule has 0 atom stereocenters. The molecule has 31 heavy (non-hydrogen) atoms. The summed E-state index contributed by atoms with van der Waals surface area (Å²) in [6, 6.07) is 21.3. The summed E-state index contributed by atoms with van der Waals surface area (Å²) in [6.45, 7) is 7.20. The molecule has 3 nitrogen and oxygen atoms in total. The van der Waals surface area contributed by atoms with Crippen molar-refractivity contribution in [3.05, 3.63) is 101 Å². The van der Waals surface area contributed by atoms with Gasteiger partial charge in [0.1, 0.15) is 24.0 Å². The van der Waals surface area contributed by atoms with Crippen LogP contribution in [0.25, 0.3) is 0 Å². The van der Waals surface area contributed by atoms with Gasteiger partial charge in [-0.25, -0.2) is 8.78 Å². The highest BCUT2D eigenvalue weighted by atomic mass is 19.1. The number of rotatable bonds is 7. The fraction of sp³-hybridized carbons (Fsp3) is 0.308. The van der Waals surface area contributed by atoms with E-state index in [1.54, 1.807) is 0 Å². The van der Waals surface area contributed by atoms with E-state index < -0.39 is 0 Å². The van der Waals surface area contributed by atoms with Gasteiger partial charge in [-0.05, 0) is 53.9 Å². The van der Waals surface area contributed by atoms with Gasteiger partial charge in [-0.3, -0.25) is 9.80 Å². The largest absolute Gasteiger partial charge is 0.492 e. The second-order valence-corrected chi connectivity index (χ2v) is 8.00. The first-order valence-electron chi connectivity index (χ1n) is 10.8. The summed E-state index contributed by atoms with van der Waals surface area (Å²) in [5, 5.41) is 0. The Balaban J connectivity index is 1.38. The average Bonchev–Trinajstić information content (AvgIpc) is 2.79. The first kappa shape index (κ1) is 21.5. The van der Waals surface area contributed by atoms with Crippen LogP contribution in [0, 0.1) is 18.6 Å². The third-order valence-corrected chi connectivity index (χ3v) is 5.90. The zero-order valence-electron chi connectivity index (χ0n) is 17.8. The van der Waals surface area contributed by atoms with E-state index in [-0.39, 0.29) is 17.7 Å². The molecule has 0 aromatic heterocycles. The van der Waals surface area contributed by atoms with Crippen molar-refractivity contribution in [2.45, 2.75) is 13.0 Å². The van der Waals surface area contributed by atoms with E-state index >= 15 is 0 Å². The molecule has 162 valence electrons. The van der Waals surface area contributed by atoms with E-state index in [1.165, 1.54) is 24.3 Å². The van der Waals surface area contributed by atoms with Crippen molar-refractivity contribution < 1.29 is 13.5 Å². The molecule has 0 aliphatic carbocycles. The number of hydrogen-bond donors (Lipinski definition) is 0. The molecule has 5 heteroatoms. The molecule has 3 aromatic carbocycles. The second kappa shape index (κ2) is 10.0. The Morgan fingerprint density at radius 1 is 0.774 bits per heavy atom. The fourth-order valence-electron chi connectivity index (χ4n) is 4.15. The topological polar surface area (TPSA) is 15.7 Å². The summed E-state index contributed by atoms with van der Waals surface area (Å²) >= 11 is 0. The lowest BCUT2D eigenvalue weighted by Crippen LogP contribution is -2.48. The van der Waals surface area contributed by atoms with Crippen LogP contribution in [-0.4, -0.2) is 49.1 Å². The molecule has 1 fully saturated rings. The highest BCUT2D eigenvalue weighted by Gasteiger charge is 2.26. The van der Waals surface area contributed by atoms with E-state index in [0.717, 1.165) is 55.2 Å². The number of halogens is 2. The van der Waals surface area contributed by atoms with Gasteiger partial charge in [0, 0.05) is 32.7 Å². The summed E-state index contributed by atoms with van der Waals surface area (Å²) in [6.07, 6.45) is 0. The molecular formula is C26H28F2N2O. The number of nitrogens with zero attached hydrogens (tertiary/aromatic N) is 2. The highest BCUT2D eigenvalue weighted by Crippen LogP contribution is 2.30. The third kappa shape index (κ3) is 5.49. The van der Waals surface area contributed by atoms with Gasteiger partial charge in [-0.2, -0.15) is 0 Å². The fourth-order valence-corrected chi connectivity index (χ4v) is 4.15. The van der Waals surface area contributed by atoms with Gasteiger partial charge in [0.15, 0.2) is 0 Å². The van der Waals surface area contributed by atoms with E-state index in [0.29, 0.717) is 6.61 Å². The SMILES string of the molecule is Cc1ccccc1OCCN1CCN(C(c2ccc(F)cc2)c2ccc(F)cc2)CC1. The maximum Gasteiger partial charge on any atom is 0.123 e. The zero-order chi connectivity index (χ0) is 21.6. The number of hydrogen-bond acceptors (Lipinski definition) is 3. The minimum atomic E-state index is -0.250. The Kier molecular flexibility index (Phi) is 6.95. The van der Waals surface area contributed by atoms with Gasteiger partial charge in [0.05, 0.1) is 6.04 Å². The molecule has 1 heterocycles. The van der Waals surface area contributed by atoms with Crippen molar-refractivity contribution in [3.8, 4) is 5.75 Å². The van der Waals surface area contributed by atoms with Crippen LogP contribution in [-0.2, 0) is 0 Å². The molecule has 4 rings (SSSR count). The van der Waals surface area contributed by atoms with E-state index in [1.807, 2.05) is 42.5 Å². The summed E-state index contributed by atoms with van der Waals surface area (Å²) < 4.78 is 32.9. The lowest BCUT2D eigenvalue weighted by Gasteiger charge is -2.39. The molecule has 0 saturated carbocycles. The van der Waals surface area contributed by atoms with Gasteiger partial charge in [-0.15, -0.1) is 0 Å². The minimum Gasteiger partial charge on any atom is -0.492 e. The Morgan fingerprint density at radius 2 is 1.32 bits per heavy atom. The standard InChI is InChI=1S/C26H28F2N2O/c1-20-4-2-3-5-25(20)31-19-18-29-14-16-30(17-15-29)26(21-6-10-23(27)11-7-21)22-8-12-24(28)13-9-22/h2-13,26H,14-19H2,1H3. The molecule has 0 radical (unpaired) electrons. The van der Waals surface area contributed by atoms with Crippen molar-refractivity contribution >= 4 is 0 Å².